The Bertz CT molecular complexity index is 719. The predicted octanol–water partition coefficient (Wildman–Crippen LogP) is 2.18. The van der Waals surface area contributed by atoms with E-state index in [1.165, 1.54) is 12.3 Å². The number of carboxylic acids is 1. The van der Waals surface area contributed by atoms with E-state index in [0.29, 0.717) is 5.76 Å². The van der Waals surface area contributed by atoms with E-state index in [1.807, 2.05) is 0 Å². The molecule has 0 aliphatic rings. The number of carbonyl (C=O) groups is 1. The number of anilines is 2. The lowest BCUT2D eigenvalue weighted by Gasteiger charge is -2.12. The number of halogens is 1. The van der Waals surface area contributed by atoms with Crippen molar-refractivity contribution in [3.63, 3.8) is 0 Å². The van der Waals surface area contributed by atoms with E-state index < -0.39 is 16.9 Å². The first-order chi connectivity index (χ1) is 9.97. The number of aromatic carboxylic acids is 1. The summed E-state index contributed by atoms with van der Waals surface area (Å²) in [5.41, 5.74) is 0.162. The Morgan fingerprint density at radius 1 is 1.33 bits per heavy atom. The van der Waals surface area contributed by atoms with E-state index in [0.717, 1.165) is 6.07 Å². The molecule has 1 aromatic carbocycles. The molecule has 0 unspecified atom stereocenters. The minimum atomic E-state index is -2.93. The van der Waals surface area contributed by atoms with Crippen molar-refractivity contribution >= 4 is 39.8 Å². The quantitative estimate of drug-likeness (QED) is 0.604. The minimum absolute atomic E-state index is 0.00808. The van der Waals surface area contributed by atoms with Crippen LogP contribution in [0.3, 0.4) is 0 Å². The van der Waals surface area contributed by atoms with Crippen LogP contribution in [0.1, 0.15) is 16.1 Å². The summed E-state index contributed by atoms with van der Waals surface area (Å²) in [6.45, 7) is 0.270. The summed E-state index contributed by atoms with van der Waals surface area (Å²) >= 11 is 5.92. The predicted molar refractivity (Wildman–Crippen MR) is 78.4 cm³/mol. The highest BCUT2D eigenvalue weighted by molar-refractivity contribution is 7.73. The fourth-order valence-corrected chi connectivity index (χ4v) is 2.33. The lowest BCUT2D eigenvalue weighted by molar-refractivity contribution is 0.0698. The van der Waals surface area contributed by atoms with Crippen molar-refractivity contribution in [1.82, 2.24) is 0 Å². The molecule has 2 rings (SSSR count). The van der Waals surface area contributed by atoms with Gasteiger partial charge in [0.05, 0.1) is 34.8 Å². The first kappa shape index (κ1) is 15.2. The van der Waals surface area contributed by atoms with Crippen molar-refractivity contribution in [2.24, 2.45) is 0 Å². The minimum Gasteiger partial charge on any atom is -0.478 e. The van der Waals surface area contributed by atoms with Crippen LogP contribution in [0.15, 0.2) is 34.9 Å². The zero-order valence-electron chi connectivity index (χ0n) is 10.5. The molecule has 0 amide bonds. The lowest BCUT2D eigenvalue weighted by Crippen LogP contribution is -2.08. The van der Waals surface area contributed by atoms with Gasteiger partial charge in [-0.25, -0.2) is 13.2 Å². The normalized spacial score (nSPS) is 10.6. The van der Waals surface area contributed by atoms with Crippen molar-refractivity contribution in [2.75, 3.05) is 10.0 Å². The zero-order chi connectivity index (χ0) is 15.4. The van der Waals surface area contributed by atoms with Crippen molar-refractivity contribution in [3.8, 4) is 0 Å². The monoisotopic (exact) mass is 330 g/mol. The molecule has 0 bridgehead atoms. The van der Waals surface area contributed by atoms with Crippen LogP contribution < -0.4 is 10.0 Å². The van der Waals surface area contributed by atoms with Gasteiger partial charge in [-0.2, -0.15) is 0 Å². The standard InChI is InChI=1S/C12H11ClN2O5S/c13-9-5-10(14-6-7-2-1-3-20-7)8(12(16)17)4-11(9)15-21(18)19/h1-5,14,21H,6H2,(H,16,17)(H,15,18,19). The Morgan fingerprint density at radius 3 is 2.67 bits per heavy atom. The molecule has 0 saturated carbocycles. The molecular formula is C12H11ClN2O5S. The first-order valence-corrected chi connectivity index (χ1v) is 7.27. The van der Waals surface area contributed by atoms with Crippen LogP contribution >= 0.6 is 11.6 Å². The molecule has 1 aromatic heterocycles. The van der Waals surface area contributed by atoms with Crippen LogP contribution in [0.2, 0.25) is 5.02 Å². The number of furan rings is 1. The second kappa shape index (κ2) is 6.51. The average molecular weight is 331 g/mol. The molecule has 0 radical (unpaired) electrons. The average Bonchev–Trinajstić information content (AvgIpc) is 2.91. The smallest absolute Gasteiger partial charge is 0.337 e. The van der Waals surface area contributed by atoms with Crippen LogP contribution in [0.4, 0.5) is 11.4 Å². The number of nitrogens with one attached hydrogen (secondary N) is 2. The molecule has 1 heterocycles. The third-order valence-electron chi connectivity index (χ3n) is 2.58. The van der Waals surface area contributed by atoms with Gasteiger partial charge >= 0.3 is 5.97 Å². The van der Waals surface area contributed by atoms with Gasteiger partial charge in [0, 0.05) is 0 Å². The van der Waals surface area contributed by atoms with E-state index in [-0.39, 0.29) is 28.5 Å². The van der Waals surface area contributed by atoms with Gasteiger partial charge in [-0.3, -0.25) is 4.72 Å². The summed E-state index contributed by atoms with van der Waals surface area (Å²) in [6.07, 6.45) is 1.50. The fraction of sp³-hybridized carbons (Fsp3) is 0.0833. The molecule has 0 aliphatic carbocycles. The van der Waals surface area contributed by atoms with E-state index >= 15 is 0 Å². The van der Waals surface area contributed by atoms with Gasteiger partial charge in [0.1, 0.15) is 5.76 Å². The summed E-state index contributed by atoms with van der Waals surface area (Å²) < 4.78 is 28.5. The molecule has 9 heteroatoms. The Morgan fingerprint density at radius 2 is 2.10 bits per heavy atom. The fourth-order valence-electron chi connectivity index (χ4n) is 1.68. The molecule has 3 N–H and O–H groups in total. The summed E-state index contributed by atoms with van der Waals surface area (Å²) in [5.74, 6) is -0.593. The van der Waals surface area contributed by atoms with E-state index in [9.17, 15) is 18.3 Å². The first-order valence-electron chi connectivity index (χ1n) is 5.71. The second-order valence-corrected chi connectivity index (χ2v) is 5.13. The summed E-state index contributed by atoms with van der Waals surface area (Å²) in [7, 11) is -2.93. The summed E-state index contributed by atoms with van der Waals surface area (Å²) in [4.78, 5) is 11.2. The molecule has 112 valence electrons. The third-order valence-corrected chi connectivity index (χ3v) is 3.32. The van der Waals surface area contributed by atoms with Crippen LogP contribution in [0.5, 0.6) is 0 Å². The Kier molecular flexibility index (Phi) is 4.71. The van der Waals surface area contributed by atoms with Gasteiger partial charge in [0.25, 0.3) is 0 Å². The molecule has 0 aliphatic heterocycles. The number of hydrogen-bond donors (Lipinski definition) is 4. The third kappa shape index (κ3) is 3.89. The zero-order valence-corrected chi connectivity index (χ0v) is 12.1. The Labute approximate surface area is 126 Å². The van der Waals surface area contributed by atoms with Gasteiger partial charge in [0.2, 0.25) is 10.9 Å². The SMILES string of the molecule is O=C(O)c1cc(N[SH](=O)=O)c(Cl)cc1NCc1ccco1. The van der Waals surface area contributed by atoms with Crippen LogP contribution in [0, 0.1) is 0 Å². The van der Waals surface area contributed by atoms with Gasteiger partial charge < -0.3 is 14.8 Å². The van der Waals surface area contributed by atoms with Gasteiger partial charge in [0.15, 0.2) is 0 Å². The number of thiol groups is 1. The maximum Gasteiger partial charge on any atom is 0.337 e. The molecule has 21 heavy (non-hydrogen) atoms. The number of benzene rings is 1. The summed E-state index contributed by atoms with van der Waals surface area (Å²) in [5, 5.41) is 12.2. The Hall–Kier alpha value is -2.19. The summed E-state index contributed by atoms with van der Waals surface area (Å²) in [6, 6.07) is 5.93. The van der Waals surface area contributed by atoms with Crippen LogP contribution in [0.25, 0.3) is 0 Å². The maximum atomic E-state index is 11.2. The Balaban J connectivity index is 2.31. The number of hydrogen-bond acceptors (Lipinski definition) is 5. The molecule has 0 atom stereocenters. The van der Waals surface area contributed by atoms with Gasteiger partial charge in [-0.05, 0) is 24.3 Å². The molecule has 0 saturated heterocycles. The van der Waals surface area contributed by atoms with Crippen molar-refractivity contribution in [1.29, 1.82) is 0 Å². The highest BCUT2D eigenvalue weighted by atomic mass is 35.5. The van der Waals surface area contributed by atoms with Crippen molar-refractivity contribution in [3.05, 3.63) is 46.9 Å². The molecular weight excluding hydrogens is 320 g/mol. The van der Waals surface area contributed by atoms with Crippen LogP contribution in [-0.4, -0.2) is 19.5 Å². The largest absolute Gasteiger partial charge is 0.478 e. The molecule has 7 nitrogen and oxygen atoms in total. The van der Waals surface area contributed by atoms with E-state index in [2.05, 4.69) is 10.0 Å². The number of rotatable bonds is 6. The number of carboxylic acid groups (broad SMARTS) is 1. The van der Waals surface area contributed by atoms with E-state index in [4.69, 9.17) is 16.0 Å². The van der Waals surface area contributed by atoms with Crippen molar-refractivity contribution in [2.45, 2.75) is 6.54 Å². The van der Waals surface area contributed by atoms with Crippen molar-refractivity contribution < 1.29 is 22.7 Å². The van der Waals surface area contributed by atoms with Gasteiger partial charge in [-0.15, -0.1) is 0 Å². The topological polar surface area (TPSA) is 109 Å². The lowest BCUT2D eigenvalue weighted by atomic mass is 10.1. The second-order valence-electron chi connectivity index (χ2n) is 3.98. The van der Waals surface area contributed by atoms with E-state index in [1.54, 1.807) is 12.1 Å². The van der Waals surface area contributed by atoms with Crippen LogP contribution in [-0.2, 0) is 17.4 Å². The maximum absolute atomic E-state index is 11.2. The van der Waals surface area contributed by atoms with Gasteiger partial charge in [-0.1, -0.05) is 11.6 Å². The molecule has 2 aromatic rings. The highest BCUT2D eigenvalue weighted by Gasteiger charge is 2.15. The molecule has 0 spiro atoms. The highest BCUT2D eigenvalue weighted by Crippen LogP contribution is 2.30. The molecule has 0 fully saturated rings.